The van der Waals surface area contributed by atoms with Gasteiger partial charge in [0, 0.05) is 24.7 Å². The predicted octanol–water partition coefficient (Wildman–Crippen LogP) is 3.78. The molecule has 1 aliphatic rings. The van der Waals surface area contributed by atoms with Gasteiger partial charge in [0.25, 0.3) is 0 Å². The summed E-state index contributed by atoms with van der Waals surface area (Å²) in [6, 6.07) is 5.91. The average molecular weight is 312 g/mol. The summed E-state index contributed by atoms with van der Waals surface area (Å²) >= 11 is 6.11. The number of ether oxygens (including phenoxy) is 2. The van der Waals surface area contributed by atoms with Crippen molar-refractivity contribution in [2.24, 2.45) is 0 Å². The minimum absolute atomic E-state index is 0.332. The highest BCUT2D eigenvalue weighted by Crippen LogP contribution is 2.22. The molecule has 3 nitrogen and oxygen atoms in total. The van der Waals surface area contributed by atoms with Gasteiger partial charge in [-0.1, -0.05) is 18.5 Å². The van der Waals surface area contributed by atoms with Gasteiger partial charge < -0.3 is 9.47 Å². The molecule has 2 atom stereocenters. The van der Waals surface area contributed by atoms with Gasteiger partial charge in [0.2, 0.25) is 0 Å². The smallest absolute Gasteiger partial charge is 0.119 e. The zero-order valence-corrected chi connectivity index (χ0v) is 14.0. The molecule has 1 aromatic carbocycles. The summed E-state index contributed by atoms with van der Waals surface area (Å²) in [6.45, 7) is 10.2. The number of aryl methyl sites for hydroxylation is 1. The minimum Gasteiger partial charge on any atom is -0.494 e. The molecule has 4 heteroatoms. The number of nitrogens with zero attached hydrogens (tertiary/aromatic N) is 1. The van der Waals surface area contributed by atoms with Crippen molar-refractivity contribution in [3.63, 3.8) is 0 Å². The third kappa shape index (κ3) is 5.17. The topological polar surface area (TPSA) is 21.7 Å². The zero-order valence-electron chi connectivity index (χ0n) is 13.3. The van der Waals surface area contributed by atoms with E-state index in [1.165, 1.54) is 0 Å². The molecule has 1 aromatic rings. The second kappa shape index (κ2) is 8.02. The van der Waals surface area contributed by atoms with Gasteiger partial charge in [-0.05, 0) is 50.5 Å². The van der Waals surface area contributed by atoms with Crippen molar-refractivity contribution in [3.05, 3.63) is 28.8 Å². The van der Waals surface area contributed by atoms with Crippen LogP contribution in [0.25, 0.3) is 0 Å². The number of benzene rings is 1. The van der Waals surface area contributed by atoms with Crippen molar-refractivity contribution >= 4 is 11.6 Å². The Hall–Kier alpha value is -0.770. The van der Waals surface area contributed by atoms with Crippen molar-refractivity contribution in [2.45, 2.75) is 45.8 Å². The monoisotopic (exact) mass is 311 g/mol. The fourth-order valence-electron chi connectivity index (χ4n) is 2.86. The summed E-state index contributed by atoms with van der Waals surface area (Å²) in [5.41, 5.74) is 1.14. The van der Waals surface area contributed by atoms with Crippen molar-refractivity contribution < 1.29 is 9.47 Å². The van der Waals surface area contributed by atoms with Crippen LogP contribution in [0.3, 0.4) is 0 Å². The molecule has 1 aliphatic heterocycles. The fraction of sp³-hybridized carbons (Fsp3) is 0.647. The molecule has 0 unspecified atom stereocenters. The van der Waals surface area contributed by atoms with Crippen molar-refractivity contribution in [3.8, 4) is 5.75 Å². The van der Waals surface area contributed by atoms with Gasteiger partial charge in [0.15, 0.2) is 0 Å². The van der Waals surface area contributed by atoms with Crippen molar-refractivity contribution in [1.82, 2.24) is 4.90 Å². The summed E-state index contributed by atoms with van der Waals surface area (Å²) in [5, 5.41) is 0.821. The van der Waals surface area contributed by atoms with E-state index < -0.39 is 0 Å². The van der Waals surface area contributed by atoms with Gasteiger partial charge in [0.1, 0.15) is 5.75 Å². The second-order valence-corrected chi connectivity index (χ2v) is 6.23. The summed E-state index contributed by atoms with van der Waals surface area (Å²) in [7, 11) is 0. The van der Waals surface area contributed by atoms with E-state index in [4.69, 9.17) is 21.1 Å². The van der Waals surface area contributed by atoms with Crippen molar-refractivity contribution in [2.75, 3.05) is 26.2 Å². The Morgan fingerprint density at radius 2 is 2.00 bits per heavy atom. The lowest BCUT2D eigenvalue weighted by atomic mass is 10.1. The lowest BCUT2D eigenvalue weighted by Crippen LogP contribution is -2.45. The van der Waals surface area contributed by atoms with E-state index in [1.807, 2.05) is 18.2 Å². The van der Waals surface area contributed by atoms with Crippen LogP contribution in [-0.2, 0) is 11.2 Å². The maximum absolute atomic E-state index is 6.11. The largest absolute Gasteiger partial charge is 0.494 e. The number of hydrogen-bond acceptors (Lipinski definition) is 3. The Labute approximate surface area is 133 Å². The second-order valence-electron chi connectivity index (χ2n) is 5.83. The molecule has 2 rings (SSSR count). The summed E-state index contributed by atoms with van der Waals surface area (Å²) in [6.07, 6.45) is 2.62. The van der Waals surface area contributed by atoms with Crippen molar-refractivity contribution in [1.29, 1.82) is 0 Å². The summed E-state index contributed by atoms with van der Waals surface area (Å²) < 4.78 is 11.6. The van der Waals surface area contributed by atoms with Gasteiger partial charge in [-0.15, -0.1) is 0 Å². The Morgan fingerprint density at radius 3 is 2.67 bits per heavy atom. The third-order valence-corrected chi connectivity index (χ3v) is 4.15. The molecule has 0 aromatic heterocycles. The van der Waals surface area contributed by atoms with Gasteiger partial charge in [0.05, 0.1) is 18.8 Å². The average Bonchev–Trinajstić information content (AvgIpc) is 2.44. The highest BCUT2D eigenvalue weighted by atomic mass is 35.5. The Balaban J connectivity index is 1.72. The number of halogens is 1. The summed E-state index contributed by atoms with van der Waals surface area (Å²) in [4.78, 5) is 2.46. The fourth-order valence-corrected chi connectivity index (χ4v) is 3.11. The number of hydrogen-bond donors (Lipinski definition) is 0. The minimum atomic E-state index is 0.332. The number of morpholine rings is 1. The molecule has 1 fully saturated rings. The molecule has 0 N–H and O–H groups in total. The predicted molar refractivity (Wildman–Crippen MR) is 87.4 cm³/mol. The molecular formula is C17H26ClNO2. The van der Waals surface area contributed by atoms with Crippen LogP contribution in [0.4, 0.5) is 0 Å². The van der Waals surface area contributed by atoms with E-state index in [1.54, 1.807) is 0 Å². The van der Waals surface area contributed by atoms with Crippen LogP contribution in [0, 0.1) is 0 Å². The highest BCUT2D eigenvalue weighted by Gasteiger charge is 2.21. The molecule has 21 heavy (non-hydrogen) atoms. The van der Waals surface area contributed by atoms with E-state index in [-0.39, 0.29) is 0 Å². The van der Waals surface area contributed by atoms with Crippen LogP contribution in [0.5, 0.6) is 5.75 Å². The molecule has 0 saturated carbocycles. The lowest BCUT2D eigenvalue weighted by molar-refractivity contribution is -0.0686. The maximum atomic E-state index is 6.11. The van der Waals surface area contributed by atoms with E-state index in [0.29, 0.717) is 12.2 Å². The molecule has 0 spiro atoms. The van der Waals surface area contributed by atoms with Crippen LogP contribution in [0.2, 0.25) is 5.02 Å². The molecule has 0 aliphatic carbocycles. The normalized spacial score (nSPS) is 23.2. The number of rotatable bonds is 6. The standard InChI is InChI=1S/C17H26ClNO2/c1-4-15-10-16(6-7-17(15)18)20-9-5-8-19-11-13(2)21-14(3)12-19/h6-7,10,13-14H,4-5,8-9,11-12H2,1-3H3/t13-,14+. The molecule has 1 saturated heterocycles. The first-order chi connectivity index (χ1) is 10.1. The van der Waals surface area contributed by atoms with Crippen LogP contribution in [-0.4, -0.2) is 43.3 Å². The van der Waals surface area contributed by atoms with E-state index in [9.17, 15) is 0 Å². The van der Waals surface area contributed by atoms with E-state index in [0.717, 1.165) is 55.4 Å². The Kier molecular flexibility index (Phi) is 6.34. The van der Waals surface area contributed by atoms with E-state index >= 15 is 0 Å². The summed E-state index contributed by atoms with van der Waals surface area (Å²) in [5.74, 6) is 0.917. The maximum Gasteiger partial charge on any atom is 0.119 e. The molecule has 1 heterocycles. The van der Waals surface area contributed by atoms with Crippen LogP contribution >= 0.6 is 11.6 Å². The first-order valence-electron chi connectivity index (χ1n) is 7.87. The molecular weight excluding hydrogens is 286 g/mol. The first kappa shape index (κ1) is 16.6. The van der Waals surface area contributed by atoms with Gasteiger partial charge in [-0.25, -0.2) is 0 Å². The van der Waals surface area contributed by atoms with Crippen LogP contribution < -0.4 is 4.74 Å². The van der Waals surface area contributed by atoms with Gasteiger partial charge in [-0.2, -0.15) is 0 Å². The van der Waals surface area contributed by atoms with Gasteiger partial charge >= 0.3 is 0 Å². The van der Waals surface area contributed by atoms with E-state index in [2.05, 4.69) is 25.7 Å². The Morgan fingerprint density at radius 1 is 1.29 bits per heavy atom. The molecule has 0 bridgehead atoms. The molecule has 0 amide bonds. The van der Waals surface area contributed by atoms with Gasteiger partial charge in [-0.3, -0.25) is 4.90 Å². The Bertz CT molecular complexity index is 442. The molecule has 118 valence electrons. The SMILES string of the molecule is CCc1cc(OCCCN2C[C@@H](C)O[C@@H](C)C2)ccc1Cl. The third-order valence-electron chi connectivity index (χ3n) is 3.78. The zero-order chi connectivity index (χ0) is 15.2. The van der Waals surface area contributed by atoms with Crippen LogP contribution in [0.1, 0.15) is 32.8 Å². The highest BCUT2D eigenvalue weighted by molar-refractivity contribution is 6.31. The molecule has 0 radical (unpaired) electrons. The van der Waals surface area contributed by atoms with Crippen LogP contribution in [0.15, 0.2) is 18.2 Å². The quantitative estimate of drug-likeness (QED) is 0.746. The first-order valence-corrected chi connectivity index (χ1v) is 8.25. The lowest BCUT2D eigenvalue weighted by Gasteiger charge is -2.35.